The quantitative estimate of drug-likeness (QED) is 0.743. The van der Waals surface area contributed by atoms with Crippen molar-refractivity contribution >= 4 is 29.1 Å². The van der Waals surface area contributed by atoms with Crippen LogP contribution in [0.1, 0.15) is 30.1 Å². The van der Waals surface area contributed by atoms with E-state index in [1.54, 1.807) is 13.2 Å². The van der Waals surface area contributed by atoms with E-state index in [2.05, 4.69) is 0 Å². The van der Waals surface area contributed by atoms with E-state index in [0.717, 1.165) is 29.7 Å². The standard InChI is InChI=1S/C21H21Cl2NO3/c1-26-18-5-3-2-4-17(18)21(6-7-21)20(25)24-8-9-27-19(13-24)14-10-15(22)12-16(23)11-14/h2-5,10-12,19H,6-9,13H2,1H3. The molecule has 2 aromatic rings. The molecule has 1 atom stereocenters. The number of methoxy groups -OCH3 is 1. The van der Waals surface area contributed by atoms with E-state index < -0.39 is 5.41 Å². The fraction of sp³-hybridized carbons (Fsp3) is 0.381. The third kappa shape index (κ3) is 3.54. The lowest BCUT2D eigenvalue weighted by molar-refractivity contribution is -0.141. The zero-order valence-corrected chi connectivity index (χ0v) is 16.6. The van der Waals surface area contributed by atoms with Crippen LogP contribution in [-0.2, 0) is 14.9 Å². The van der Waals surface area contributed by atoms with Crippen LogP contribution < -0.4 is 4.74 Å². The summed E-state index contributed by atoms with van der Waals surface area (Å²) in [6.07, 6.45) is 1.46. The van der Waals surface area contributed by atoms with Crippen LogP contribution in [-0.4, -0.2) is 37.6 Å². The molecule has 2 aliphatic rings. The fourth-order valence-corrected chi connectivity index (χ4v) is 4.41. The SMILES string of the molecule is COc1ccccc1C1(C(=O)N2CCOC(c3cc(Cl)cc(Cl)c3)C2)CC1. The monoisotopic (exact) mass is 405 g/mol. The first kappa shape index (κ1) is 18.6. The van der Waals surface area contributed by atoms with Crippen molar-refractivity contribution in [2.45, 2.75) is 24.4 Å². The molecule has 0 radical (unpaired) electrons. The van der Waals surface area contributed by atoms with Crippen molar-refractivity contribution in [2.24, 2.45) is 0 Å². The summed E-state index contributed by atoms with van der Waals surface area (Å²) >= 11 is 12.3. The van der Waals surface area contributed by atoms with E-state index >= 15 is 0 Å². The number of hydrogen-bond donors (Lipinski definition) is 0. The van der Waals surface area contributed by atoms with Crippen molar-refractivity contribution in [2.75, 3.05) is 26.8 Å². The van der Waals surface area contributed by atoms with E-state index in [4.69, 9.17) is 32.7 Å². The number of hydrogen-bond acceptors (Lipinski definition) is 3. The molecule has 2 fully saturated rings. The Morgan fingerprint density at radius 1 is 1.19 bits per heavy atom. The molecule has 142 valence electrons. The first-order valence-electron chi connectivity index (χ1n) is 9.04. The number of benzene rings is 2. The van der Waals surface area contributed by atoms with Crippen LogP contribution in [0, 0.1) is 0 Å². The Kier molecular flexibility index (Phi) is 5.06. The molecule has 0 spiro atoms. The minimum atomic E-state index is -0.472. The molecule has 1 amide bonds. The lowest BCUT2D eigenvalue weighted by atomic mass is 9.92. The summed E-state index contributed by atoms with van der Waals surface area (Å²) in [5, 5.41) is 1.13. The van der Waals surface area contributed by atoms with E-state index in [0.29, 0.717) is 29.7 Å². The van der Waals surface area contributed by atoms with E-state index in [1.807, 2.05) is 41.3 Å². The molecule has 1 saturated carbocycles. The van der Waals surface area contributed by atoms with Gasteiger partial charge in [0.2, 0.25) is 5.91 Å². The second-order valence-corrected chi connectivity index (χ2v) is 7.97. The van der Waals surface area contributed by atoms with Crippen molar-refractivity contribution < 1.29 is 14.3 Å². The van der Waals surface area contributed by atoms with Crippen LogP contribution >= 0.6 is 23.2 Å². The lowest BCUT2D eigenvalue weighted by Crippen LogP contribution is -2.46. The van der Waals surface area contributed by atoms with Gasteiger partial charge in [-0.2, -0.15) is 0 Å². The summed E-state index contributed by atoms with van der Waals surface area (Å²) in [6.45, 7) is 1.56. The number of para-hydroxylation sites is 1. The van der Waals surface area contributed by atoms with Crippen LogP contribution in [0.5, 0.6) is 5.75 Å². The van der Waals surface area contributed by atoms with Crippen molar-refractivity contribution in [1.29, 1.82) is 0 Å². The molecule has 1 aliphatic heterocycles. The molecular weight excluding hydrogens is 385 g/mol. The fourth-order valence-electron chi connectivity index (χ4n) is 3.86. The summed E-state index contributed by atoms with van der Waals surface area (Å²) in [4.78, 5) is 15.3. The Hall–Kier alpha value is -1.75. The van der Waals surface area contributed by atoms with Gasteiger partial charge in [0, 0.05) is 22.2 Å². The van der Waals surface area contributed by atoms with Crippen molar-refractivity contribution in [1.82, 2.24) is 4.90 Å². The van der Waals surface area contributed by atoms with Crippen LogP contribution in [0.2, 0.25) is 10.0 Å². The number of carbonyl (C=O) groups is 1. The Morgan fingerprint density at radius 3 is 2.56 bits per heavy atom. The molecule has 27 heavy (non-hydrogen) atoms. The van der Waals surface area contributed by atoms with Gasteiger partial charge < -0.3 is 14.4 Å². The number of amides is 1. The molecule has 4 nitrogen and oxygen atoms in total. The van der Waals surface area contributed by atoms with Gasteiger partial charge in [0.15, 0.2) is 0 Å². The summed E-state index contributed by atoms with van der Waals surface area (Å²) in [5.74, 6) is 0.920. The van der Waals surface area contributed by atoms with Crippen molar-refractivity contribution in [3.63, 3.8) is 0 Å². The Balaban J connectivity index is 1.57. The maximum atomic E-state index is 13.4. The second-order valence-electron chi connectivity index (χ2n) is 7.10. The Bertz CT molecular complexity index is 846. The van der Waals surface area contributed by atoms with E-state index in [9.17, 15) is 4.79 Å². The molecule has 1 heterocycles. The molecule has 1 unspecified atom stereocenters. The number of nitrogens with zero attached hydrogens (tertiary/aromatic N) is 1. The van der Waals surface area contributed by atoms with Crippen molar-refractivity contribution in [3.05, 3.63) is 63.6 Å². The molecule has 0 aromatic heterocycles. The third-order valence-corrected chi connectivity index (χ3v) is 5.83. The van der Waals surface area contributed by atoms with Crippen molar-refractivity contribution in [3.8, 4) is 5.75 Å². The molecule has 0 N–H and O–H groups in total. The van der Waals surface area contributed by atoms with Crippen LogP contribution in [0.3, 0.4) is 0 Å². The van der Waals surface area contributed by atoms with Gasteiger partial charge in [0.05, 0.1) is 25.7 Å². The zero-order valence-electron chi connectivity index (χ0n) is 15.1. The molecule has 6 heteroatoms. The van der Waals surface area contributed by atoms with Gasteiger partial charge in [-0.3, -0.25) is 4.79 Å². The van der Waals surface area contributed by atoms with Gasteiger partial charge in [0.1, 0.15) is 11.9 Å². The number of morpholine rings is 1. The lowest BCUT2D eigenvalue weighted by Gasteiger charge is -2.36. The summed E-state index contributed by atoms with van der Waals surface area (Å²) in [6, 6.07) is 13.2. The number of halogens is 2. The molecule has 4 rings (SSSR count). The summed E-state index contributed by atoms with van der Waals surface area (Å²) in [5.41, 5.74) is 1.40. The molecule has 0 bridgehead atoms. The summed E-state index contributed by atoms with van der Waals surface area (Å²) < 4.78 is 11.4. The smallest absolute Gasteiger partial charge is 0.233 e. The number of rotatable bonds is 4. The first-order valence-corrected chi connectivity index (χ1v) is 9.79. The van der Waals surface area contributed by atoms with Crippen LogP contribution in [0.4, 0.5) is 0 Å². The van der Waals surface area contributed by atoms with Crippen LogP contribution in [0.25, 0.3) is 0 Å². The maximum absolute atomic E-state index is 13.4. The minimum Gasteiger partial charge on any atom is -0.496 e. The molecule has 1 aliphatic carbocycles. The van der Waals surface area contributed by atoms with Gasteiger partial charge >= 0.3 is 0 Å². The van der Waals surface area contributed by atoms with Crippen LogP contribution in [0.15, 0.2) is 42.5 Å². The topological polar surface area (TPSA) is 38.8 Å². The predicted molar refractivity (Wildman–Crippen MR) is 106 cm³/mol. The zero-order chi connectivity index (χ0) is 19.0. The molecule has 1 saturated heterocycles. The normalized spacial score (nSPS) is 21.0. The maximum Gasteiger partial charge on any atom is 0.233 e. The highest BCUT2D eigenvalue weighted by atomic mass is 35.5. The molecular formula is C21H21Cl2NO3. The molecule has 2 aromatic carbocycles. The van der Waals surface area contributed by atoms with Gasteiger partial charge in [-0.05, 0) is 42.7 Å². The largest absolute Gasteiger partial charge is 0.496 e. The average molecular weight is 406 g/mol. The number of ether oxygens (including phenoxy) is 2. The van der Waals surface area contributed by atoms with Gasteiger partial charge in [0.25, 0.3) is 0 Å². The van der Waals surface area contributed by atoms with E-state index in [1.165, 1.54) is 0 Å². The second kappa shape index (κ2) is 7.34. The highest BCUT2D eigenvalue weighted by Crippen LogP contribution is 2.52. The average Bonchev–Trinajstić information content (AvgIpc) is 3.48. The minimum absolute atomic E-state index is 0.147. The highest BCUT2D eigenvalue weighted by molar-refractivity contribution is 6.34. The Morgan fingerprint density at radius 2 is 1.89 bits per heavy atom. The number of carbonyl (C=O) groups excluding carboxylic acids is 1. The third-order valence-electron chi connectivity index (χ3n) is 5.39. The van der Waals surface area contributed by atoms with E-state index in [-0.39, 0.29) is 12.0 Å². The highest BCUT2D eigenvalue weighted by Gasteiger charge is 2.54. The first-order chi connectivity index (χ1) is 13.0. The van der Waals surface area contributed by atoms with Gasteiger partial charge in [-0.1, -0.05) is 41.4 Å². The van der Waals surface area contributed by atoms with Gasteiger partial charge in [-0.25, -0.2) is 0 Å². The van der Waals surface area contributed by atoms with Gasteiger partial charge in [-0.15, -0.1) is 0 Å². The summed E-state index contributed by atoms with van der Waals surface area (Å²) in [7, 11) is 1.65. The Labute approximate surface area is 169 Å². The predicted octanol–water partition coefficient (Wildman–Crippen LogP) is 4.63.